The van der Waals surface area contributed by atoms with Crippen molar-refractivity contribution in [1.82, 2.24) is 30.2 Å². The number of carbonyl (C=O) groups excluding carboxylic acids is 1. The molecule has 2 aliphatic heterocycles. The zero-order chi connectivity index (χ0) is 30.4. The van der Waals surface area contributed by atoms with Crippen molar-refractivity contribution in [3.05, 3.63) is 94.8 Å². The predicted octanol–water partition coefficient (Wildman–Crippen LogP) is 6.63. The quantitative estimate of drug-likeness (QED) is 0.185. The number of benzene rings is 2. The number of imidazole rings is 2. The molecule has 1 aliphatic carbocycles. The Balaban J connectivity index is 1.07. The summed E-state index contributed by atoms with van der Waals surface area (Å²) in [5.41, 5.74) is 8.88. The van der Waals surface area contributed by atoms with E-state index < -0.39 is 5.60 Å². The highest BCUT2D eigenvalue weighted by Crippen LogP contribution is 2.39. The molecule has 2 aromatic heterocycles. The summed E-state index contributed by atoms with van der Waals surface area (Å²) in [4.78, 5) is 31.3. The number of likely N-dealkylation sites (tertiary alicyclic amines) is 1. The first kappa shape index (κ1) is 28.2. The van der Waals surface area contributed by atoms with Gasteiger partial charge < -0.3 is 20.0 Å². The van der Waals surface area contributed by atoms with Crippen LogP contribution in [0.4, 0.5) is 4.79 Å². The third-order valence-corrected chi connectivity index (χ3v) is 8.59. The van der Waals surface area contributed by atoms with Crippen molar-refractivity contribution < 1.29 is 9.53 Å². The van der Waals surface area contributed by atoms with Crippen molar-refractivity contribution in [2.45, 2.75) is 70.6 Å². The lowest BCUT2D eigenvalue weighted by Gasteiger charge is -2.27. The van der Waals surface area contributed by atoms with Gasteiger partial charge in [0.1, 0.15) is 23.3 Å². The fourth-order valence-corrected chi connectivity index (χ4v) is 6.40. The van der Waals surface area contributed by atoms with Gasteiger partial charge in [0.25, 0.3) is 0 Å². The van der Waals surface area contributed by atoms with Gasteiger partial charge in [-0.05, 0) is 100 Å². The Hall–Kier alpha value is -4.61. The maximum atomic E-state index is 13.0. The molecule has 3 aliphatic rings. The number of rotatable bonds is 3. The molecule has 0 bridgehead atoms. The van der Waals surface area contributed by atoms with E-state index in [9.17, 15) is 4.79 Å². The molecule has 2 saturated heterocycles. The number of hydrogen-bond donors (Lipinski definition) is 3. The van der Waals surface area contributed by atoms with E-state index in [1.807, 2.05) is 27.0 Å². The Labute approximate surface area is 258 Å². The van der Waals surface area contributed by atoms with E-state index in [1.54, 1.807) is 4.90 Å². The summed E-state index contributed by atoms with van der Waals surface area (Å²) >= 11 is 0. The number of amides is 1. The highest BCUT2D eigenvalue weighted by atomic mass is 16.6. The normalized spacial score (nSPS) is 19.3. The molecule has 8 nitrogen and oxygen atoms in total. The van der Waals surface area contributed by atoms with E-state index in [0.29, 0.717) is 12.6 Å². The number of aromatic amines is 2. The number of aromatic nitrogens is 4. The van der Waals surface area contributed by atoms with E-state index in [-0.39, 0.29) is 12.1 Å². The molecule has 4 aromatic rings. The van der Waals surface area contributed by atoms with Crippen LogP contribution in [0.25, 0.3) is 22.5 Å². The number of H-pyrrole nitrogens is 2. The number of ether oxygens (including phenoxy) is 1. The van der Waals surface area contributed by atoms with Crippen LogP contribution in [-0.2, 0) is 17.6 Å². The van der Waals surface area contributed by atoms with Gasteiger partial charge in [-0.15, -0.1) is 0 Å². The number of fused-ring (bicyclic) bond motifs is 3. The minimum Gasteiger partial charge on any atom is -0.444 e. The van der Waals surface area contributed by atoms with Crippen LogP contribution in [0.3, 0.4) is 0 Å². The fraction of sp³-hybridized carbons (Fsp3) is 0.361. The molecule has 0 saturated carbocycles. The first-order valence-corrected chi connectivity index (χ1v) is 15.5. The first-order valence-electron chi connectivity index (χ1n) is 15.5. The average molecular weight is 587 g/mol. The first-order chi connectivity index (χ1) is 21.2. The molecule has 2 aromatic carbocycles. The molecule has 4 heterocycles. The minimum absolute atomic E-state index is 0.310. The second-order valence-electron chi connectivity index (χ2n) is 13.0. The Morgan fingerprint density at radius 1 is 1.02 bits per heavy atom. The number of nitrogens with one attached hydrogen (secondary N) is 3. The number of aryl methyl sites for hydroxylation is 2. The minimum atomic E-state index is -0.562. The highest BCUT2D eigenvalue weighted by molar-refractivity contribution is 5.72. The summed E-state index contributed by atoms with van der Waals surface area (Å²) in [5, 5.41) is 3.49. The molecule has 0 spiro atoms. The fourth-order valence-electron chi connectivity index (χ4n) is 6.40. The molecule has 44 heavy (non-hydrogen) atoms. The summed E-state index contributed by atoms with van der Waals surface area (Å²) < 4.78 is 5.68. The monoisotopic (exact) mass is 586 g/mol. The Morgan fingerprint density at radius 3 is 2.59 bits per heavy atom. The summed E-state index contributed by atoms with van der Waals surface area (Å²) in [6.07, 6.45) is 6.39. The third-order valence-electron chi connectivity index (χ3n) is 8.59. The van der Waals surface area contributed by atoms with Gasteiger partial charge in [-0.2, -0.15) is 0 Å². The van der Waals surface area contributed by atoms with Crippen molar-refractivity contribution in [2.24, 2.45) is 0 Å². The molecule has 8 heteroatoms. The zero-order valence-electron chi connectivity index (χ0n) is 25.6. The van der Waals surface area contributed by atoms with Gasteiger partial charge in [-0.25, -0.2) is 14.8 Å². The lowest BCUT2D eigenvalue weighted by molar-refractivity contribution is 0.0231. The molecular weight excluding hydrogens is 548 g/mol. The average Bonchev–Trinajstić information content (AvgIpc) is 3.81. The molecule has 2 unspecified atom stereocenters. The van der Waals surface area contributed by atoms with Gasteiger partial charge in [0.05, 0.1) is 23.6 Å². The second kappa shape index (κ2) is 11.1. The smallest absolute Gasteiger partial charge is 0.411 e. The lowest BCUT2D eigenvalue weighted by Crippen LogP contribution is -2.36. The molecular formula is C36H38N6O2. The standard InChI is InChI=1S/C36H38N6O2/c1-22-17-19-42(35(43)44-36(2,3)4)32(22)34-39-28-16-14-26-20-24(11-15-27(26)31(28)41-34)8-7-23-9-12-25(13-10-23)30-21-38-33(40-30)29-6-5-18-37-29/h9-13,15,20-21,29,32,37H,1,5-6,14,16-19H2,2-4H3,(H,38,40)(H,39,41). The number of nitrogens with zero attached hydrogens (tertiary/aromatic N) is 3. The van der Waals surface area contributed by atoms with Crippen molar-refractivity contribution >= 4 is 6.09 Å². The van der Waals surface area contributed by atoms with Crippen LogP contribution in [0.1, 0.15) is 86.2 Å². The molecule has 7 rings (SSSR count). The molecule has 1 amide bonds. The summed E-state index contributed by atoms with van der Waals surface area (Å²) in [5.74, 6) is 8.45. The van der Waals surface area contributed by atoms with Crippen LogP contribution in [0.5, 0.6) is 0 Å². The molecule has 2 atom stereocenters. The topological polar surface area (TPSA) is 98.9 Å². The van der Waals surface area contributed by atoms with Crippen LogP contribution >= 0.6 is 0 Å². The van der Waals surface area contributed by atoms with Crippen LogP contribution in [0, 0.1) is 11.8 Å². The largest absolute Gasteiger partial charge is 0.444 e. The van der Waals surface area contributed by atoms with Crippen molar-refractivity contribution in [2.75, 3.05) is 13.1 Å². The zero-order valence-corrected chi connectivity index (χ0v) is 25.6. The lowest BCUT2D eigenvalue weighted by atomic mass is 9.91. The Morgan fingerprint density at radius 2 is 1.82 bits per heavy atom. The van der Waals surface area contributed by atoms with E-state index >= 15 is 0 Å². The van der Waals surface area contributed by atoms with E-state index in [2.05, 4.69) is 81.2 Å². The van der Waals surface area contributed by atoms with Crippen molar-refractivity contribution in [1.29, 1.82) is 0 Å². The summed E-state index contributed by atoms with van der Waals surface area (Å²) in [6.45, 7) is 11.5. The molecule has 0 radical (unpaired) electrons. The van der Waals surface area contributed by atoms with Gasteiger partial charge in [0.15, 0.2) is 0 Å². The predicted molar refractivity (Wildman–Crippen MR) is 171 cm³/mol. The second-order valence-corrected chi connectivity index (χ2v) is 13.0. The maximum absolute atomic E-state index is 13.0. The van der Waals surface area contributed by atoms with E-state index in [4.69, 9.17) is 9.72 Å². The number of carbonyl (C=O) groups is 1. The van der Waals surface area contributed by atoms with Crippen LogP contribution in [0.15, 0.2) is 60.8 Å². The van der Waals surface area contributed by atoms with Gasteiger partial charge in [-0.3, -0.25) is 4.90 Å². The van der Waals surface area contributed by atoms with Crippen LogP contribution in [-0.4, -0.2) is 49.6 Å². The third kappa shape index (κ3) is 5.56. The van der Waals surface area contributed by atoms with E-state index in [0.717, 1.165) is 88.8 Å². The van der Waals surface area contributed by atoms with Crippen LogP contribution < -0.4 is 5.32 Å². The Kier molecular flexibility index (Phi) is 7.14. The Bertz CT molecular complexity index is 1790. The van der Waals surface area contributed by atoms with Gasteiger partial charge in [0, 0.05) is 28.9 Å². The molecule has 2 fully saturated rings. The summed E-state index contributed by atoms with van der Waals surface area (Å²) in [7, 11) is 0. The summed E-state index contributed by atoms with van der Waals surface area (Å²) in [6, 6.07) is 14.7. The van der Waals surface area contributed by atoms with Crippen molar-refractivity contribution in [3.8, 4) is 34.4 Å². The molecule has 224 valence electrons. The van der Waals surface area contributed by atoms with E-state index in [1.165, 1.54) is 12.0 Å². The van der Waals surface area contributed by atoms with Crippen molar-refractivity contribution in [3.63, 3.8) is 0 Å². The highest BCUT2D eigenvalue weighted by Gasteiger charge is 2.38. The SMILES string of the molecule is C=C1CCN(C(=O)OC(C)(C)C)C1c1nc2c([nH]1)CCc1cc(C#Cc3ccc(-c4cnc(C5CCCN5)[nH]4)cc3)ccc1-2. The maximum Gasteiger partial charge on any atom is 0.411 e. The van der Waals surface area contributed by atoms with Gasteiger partial charge >= 0.3 is 6.09 Å². The van der Waals surface area contributed by atoms with Gasteiger partial charge in [0.2, 0.25) is 0 Å². The van der Waals surface area contributed by atoms with Crippen LogP contribution in [0.2, 0.25) is 0 Å². The number of hydrogen-bond acceptors (Lipinski definition) is 5. The molecule has 3 N–H and O–H groups in total. The van der Waals surface area contributed by atoms with Gasteiger partial charge in [-0.1, -0.05) is 36.6 Å².